The highest BCUT2D eigenvalue weighted by atomic mass is 35.5. The highest BCUT2D eigenvalue weighted by Crippen LogP contribution is 2.46. The maximum atomic E-state index is 6.26. The average Bonchev–Trinajstić information content (AvgIpc) is 2.67. The second kappa shape index (κ2) is 4.84. The monoisotopic (exact) mass is 266 g/mol. The molecule has 98 valence electrons. The van der Waals surface area contributed by atoms with Gasteiger partial charge in [0, 0.05) is 23.4 Å². The Bertz CT molecular complexity index is 426. The van der Waals surface area contributed by atoms with E-state index in [0.29, 0.717) is 0 Å². The van der Waals surface area contributed by atoms with Gasteiger partial charge in [0.1, 0.15) is 6.10 Å². The maximum absolute atomic E-state index is 6.26. The molecule has 1 saturated heterocycles. The van der Waals surface area contributed by atoms with Crippen molar-refractivity contribution in [1.29, 1.82) is 0 Å². The molecule has 2 fully saturated rings. The summed E-state index contributed by atoms with van der Waals surface area (Å²) in [6, 6.07) is 7.90. The fourth-order valence-corrected chi connectivity index (χ4v) is 3.35. The summed E-state index contributed by atoms with van der Waals surface area (Å²) in [5.41, 5.74) is 1.05. The van der Waals surface area contributed by atoms with E-state index in [4.69, 9.17) is 21.1 Å². The van der Waals surface area contributed by atoms with Crippen molar-refractivity contribution in [3.05, 3.63) is 34.9 Å². The molecule has 1 aliphatic carbocycles. The first-order chi connectivity index (χ1) is 8.70. The van der Waals surface area contributed by atoms with Gasteiger partial charge in [-0.2, -0.15) is 0 Å². The van der Waals surface area contributed by atoms with Crippen LogP contribution < -0.4 is 0 Å². The van der Waals surface area contributed by atoms with Crippen molar-refractivity contribution in [3.63, 3.8) is 0 Å². The quantitative estimate of drug-likeness (QED) is 0.746. The van der Waals surface area contributed by atoms with Gasteiger partial charge >= 0.3 is 0 Å². The number of rotatable bonds is 1. The van der Waals surface area contributed by atoms with Crippen LogP contribution in [0.3, 0.4) is 0 Å². The molecule has 1 heterocycles. The van der Waals surface area contributed by atoms with E-state index in [1.807, 2.05) is 24.3 Å². The zero-order valence-electron chi connectivity index (χ0n) is 10.7. The Hall–Kier alpha value is -0.570. The normalized spacial score (nSPS) is 30.8. The third kappa shape index (κ3) is 2.18. The zero-order valence-corrected chi connectivity index (χ0v) is 11.5. The van der Waals surface area contributed by atoms with E-state index in [0.717, 1.165) is 23.4 Å². The molecule has 2 atom stereocenters. The fourth-order valence-electron chi connectivity index (χ4n) is 3.10. The standard InChI is InChI=1S/C15H19ClO2/c1-11-14(12-7-3-4-8-13(12)16)18-15(17-11)9-5-2-6-10-15/h3-4,7-8,11,14H,2,5-6,9-10H2,1H3/t11-,14-/m1/s1. The van der Waals surface area contributed by atoms with E-state index in [1.54, 1.807) is 0 Å². The van der Waals surface area contributed by atoms with E-state index in [2.05, 4.69) is 6.92 Å². The Labute approximate surface area is 113 Å². The lowest BCUT2D eigenvalue weighted by atomic mass is 9.94. The lowest BCUT2D eigenvalue weighted by Crippen LogP contribution is -2.33. The number of halogens is 1. The molecule has 18 heavy (non-hydrogen) atoms. The molecule has 1 spiro atoms. The highest BCUT2D eigenvalue weighted by molar-refractivity contribution is 6.31. The van der Waals surface area contributed by atoms with Gasteiger partial charge in [-0.25, -0.2) is 0 Å². The van der Waals surface area contributed by atoms with E-state index in [1.165, 1.54) is 19.3 Å². The molecule has 0 bridgehead atoms. The van der Waals surface area contributed by atoms with Crippen LogP contribution in [0.15, 0.2) is 24.3 Å². The average molecular weight is 267 g/mol. The molecule has 0 radical (unpaired) electrons. The van der Waals surface area contributed by atoms with Crippen LogP contribution in [0.5, 0.6) is 0 Å². The van der Waals surface area contributed by atoms with Crippen LogP contribution in [0.4, 0.5) is 0 Å². The second-order valence-electron chi connectivity index (χ2n) is 5.35. The van der Waals surface area contributed by atoms with Crippen molar-refractivity contribution < 1.29 is 9.47 Å². The van der Waals surface area contributed by atoms with Gasteiger partial charge in [-0.3, -0.25) is 0 Å². The molecular formula is C15H19ClO2. The summed E-state index contributed by atoms with van der Waals surface area (Å²) < 4.78 is 12.4. The first-order valence-electron chi connectivity index (χ1n) is 6.80. The van der Waals surface area contributed by atoms with Crippen LogP contribution in [0.2, 0.25) is 5.02 Å². The van der Waals surface area contributed by atoms with Gasteiger partial charge in [0.2, 0.25) is 0 Å². The van der Waals surface area contributed by atoms with E-state index in [-0.39, 0.29) is 18.0 Å². The lowest BCUT2D eigenvalue weighted by molar-refractivity contribution is -0.193. The Kier molecular flexibility index (Phi) is 3.35. The lowest BCUT2D eigenvalue weighted by Gasteiger charge is -2.31. The van der Waals surface area contributed by atoms with Gasteiger partial charge in [0.05, 0.1) is 6.10 Å². The van der Waals surface area contributed by atoms with Crippen LogP contribution >= 0.6 is 11.6 Å². The largest absolute Gasteiger partial charge is 0.344 e. The molecule has 1 aromatic rings. The van der Waals surface area contributed by atoms with E-state index < -0.39 is 0 Å². The number of ether oxygens (including phenoxy) is 2. The Morgan fingerprint density at radius 1 is 1.11 bits per heavy atom. The summed E-state index contributed by atoms with van der Waals surface area (Å²) in [5, 5.41) is 0.769. The van der Waals surface area contributed by atoms with Gasteiger partial charge in [-0.15, -0.1) is 0 Å². The van der Waals surface area contributed by atoms with E-state index in [9.17, 15) is 0 Å². The Morgan fingerprint density at radius 2 is 1.83 bits per heavy atom. The minimum absolute atomic E-state index is 0.0307. The molecule has 1 saturated carbocycles. The molecule has 0 unspecified atom stereocenters. The molecule has 1 aliphatic heterocycles. The number of hydrogen-bond donors (Lipinski definition) is 0. The maximum Gasteiger partial charge on any atom is 0.169 e. The summed E-state index contributed by atoms with van der Waals surface area (Å²) in [4.78, 5) is 0. The van der Waals surface area contributed by atoms with Gasteiger partial charge in [-0.1, -0.05) is 36.2 Å². The summed E-state index contributed by atoms with van der Waals surface area (Å²) in [6.07, 6.45) is 5.75. The topological polar surface area (TPSA) is 18.5 Å². The molecule has 3 rings (SSSR count). The van der Waals surface area contributed by atoms with Crippen molar-refractivity contribution >= 4 is 11.6 Å². The van der Waals surface area contributed by atoms with Crippen molar-refractivity contribution in [2.75, 3.05) is 0 Å². The molecule has 2 nitrogen and oxygen atoms in total. The third-order valence-electron chi connectivity index (χ3n) is 4.00. The smallest absolute Gasteiger partial charge is 0.169 e. The summed E-state index contributed by atoms with van der Waals surface area (Å²) in [5.74, 6) is -0.346. The Morgan fingerprint density at radius 3 is 2.56 bits per heavy atom. The highest BCUT2D eigenvalue weighted by Gasteiger charge is 2.47. The molecule has 1 aromatic carbocycles. The summed E-state index contributed by atoms with van der Waals surface area (Å²) >= 11 is 6.26. The molecule has 2 aliphatic rings. The van der Waals surface area contributed by atoms with Crippen molar-refractivity contribution in [3.8, 4) is 0 Å². The summed E-state index contributed by atoms with van der Waals surface area (Å²) in [7, 11) is 0. The van der Waals surface area contributed by atoms with Crippen LogP contribution in [0.1, 0.15) is 50.7 Å². The first kappa shape index (κ1) is 12.5. The molecule has 0 amide bonds. The van der Waals surface area contributed by atoms with Gasteiger partial charge in [0.15, 0.2) is 5.79 Å². The third-order valence-corrected chi connectivity index (χ3v) is 4.34. The molecular weight excluding hydrogens is 248 g/mol. The van der Waals surface area contributed by atoms with Gasteiger partial charge < -0.3 is 9.47 Å². The SMILES string of the molecule is C[C@H]1OC2(CCCCC2)O[C@H]1c1ccccc1Cl. The first-order valence-corrected chi connectivity index (χ1v) is 7.18. The minimum Gasteiger partial charge on any atom is -0.344 e. The van der Waals surface area contributed by atoms with Gasteiger partial charge in [0.25, 0.3) is 0 Å². The van der Waals surface area contributed by atoms with Crippen LogP contribution in [-0.4, -0.2) is 11.9 Å². The van der Waals surface area contributed by atoms with Crippen molar-refractivity contribution in [2.45, 2.75) is 57.0 Å². The second-order valence-corrected chi connectivity index (χ2v) is 5.76. The predicted octanol–water partition coefficient (Wildman–Crippen LogP) is 4.48. The number of benzene rings is 1. The van der Waals surface area contributed by atoms with Crippen LogP contribution in [-0.2, 0) is 9.47 Å². The van der Waals surface area contributed by atoms with Crippen LogP contribution in [0.25, 0.3) is 0 Å². The molecule has 3 heteroatoms. The molecule has 0 N–H and O–H groups in total. The summed E-state index contributed by atoms with van der Waals surface area (Å²) in [6.45, 7) is 2.08. The predicted molar refractivity (Wildman–Crippen MR) is 71.6 cm³/mol. The van der Waals surface area contributed by atoms with Crippen molar-refractivity contribution in [2.24, 2.45) is 0 Å². The fraction of sp³-hybridized carbons (Fsp3) is 0.600. The molecule has 0 aromatic heterocycles. The van der Waals surface area contributed by atoms with Crippen LogP contribution in [0, 0.1) is 0 Å². The zero-order chi connectivity index (χ0) is 12.6. The van der Waals surface area contributed by atoms with Crippen molar-refractivity contribution in [1.82, 2.24) is 0 Å². The van der Waals surface area contributed by atoms with E-state index >= 15 is 0 Å². The Balaban J connectivity index is 1.84. The van der Waals surface area contributed by atoms with Gasteiger partial charge in [-0.05, 0) is 25.8 Å². The number of hydrogen-bond acceptors (Lipinski definition) is 2. The minimum atomic E-state index is -0.346.